The Labute approximate surface area is 161 Å². The summed E-state index contributed by atoms with van der Waals surface area (Å²) in [6.07, 6.45) is 4.77. The molecular formula is C25H25NO. The third-order valence-electron chi connectivity index (χ3n) is 5.63. The van der Waals surface area contributed by atoms with Gasteiger partial charge in [-0.2, -0.15) is 0 Å². The molecule has 2 N–H and O–H groups in total. The van der Waals surface area contributed by atoms with E-state index in [2.05, 4.69) is 54.6 Å². The lowest BCUT2D eigenvalue weighted by Gasteiger charge is -2.10. The molecule has 2 heteroatoms. The largest absolute Gasteiger partial charge is 0.366 e. The molecule has 0 bridgehead atoms. The Morgan fingerprint density at radius 1 is 0.926 bits per heavy atom. The molecule has 0 saturated heterocycles. The molecule has 0 spiro atoms. The summed E-state index contributed by atoms with van der Waals surface area (Å²) < 4.78 is 0. The van der Waals surface area contributed by atoms with E-state index in [1.54, 1.807) is 0 Å². The monoisotopic (exact) mass is 355 g/mol. The molecule has 1 aliphatic carbocycles. The van der Waals surface area contributed by atoms with Crippen molar-refractivity contribution in [1.29, 1.82) is 0 Å². The lowest BCUT2D eigenvalue weighted by molar-refractivity contribution is 0.1000. The summed E-state index contributed by atoms with van der Waals surface area (Å²) in [4.78, 5) is 11.5. The molecule has 1 aliphatic rings. The number of aryl methyl sites for hydroxylation is 2. The standard InChI is InChI=1S/C25H25NO/c1-17-12-23(16-24(13-17)25(26)27)20-10-8-18(9-11-20)6-7-19-14-21-4-2-3-5-22(21)15-19/h2-5,8-13,16,19H,6-7,14-15H2,1H3,(H2,26,27). The summed E-state index contributed by atoms with van der Waals surface area (Å²) in [5, 5.41) is 0. The highest BCUT2D eigenvalue weighted by molar-refractivity contribution is 5.94. The van der Waals surface area contributed by atoms with E-state index in [-0.39, 0.29) is 5.91 Å². The van der Waals surface area contributed by atoms with E-state index in [4.69, 9.17) is 5.73 Å². The highest BCUT2D eigenvalue weighted by Crippen LogP contribution is 2.30. The summed E-state index contributed by atoms with van der Waals surface area (Å²) >= 11 is 0. The number of hydrogen-bond acceptors (Lipinski definition) is 1. The summed E-state index contributed by atoms with van der Waals surface area (Å²) in [6.45, 7) is 1.99. The minimum absolute atomic E-state index is 0.380. The average molecular weight is 355 g/mol. The molecule has 0 heterocycles. The van der Waals surface area contributed by atoms with Crippen molar-refractivity contribution in [1.82, 2.24) is 0 Å². The van der Waals surface area contributed by atoms with Crippen molar-refractivity contribution in [3.05, 3.63) is 94.5 Å². The Bertz CT molecular complexity index is 947. The van der Waals surface area contributed by atoms with Crippen molar-refractivity contribution in [3.8, 4) is 11.1 Å². The molecule has 27 heavy (non-hydrogen) atoms. The van der Waals surface area contributed by atoms with E-state index in [9.17, 15) is 4.79 Å². The number of amides is 1. The van der Waals surface area contributed by atoms with E-state index >= 15 is 0 Å². The van der Waals surface area contributed by atoms with Crippen molar-refractivity contribution in [2.24, 2.45) is 11.7 Å². The second-order valence-electron chi connectivity index (χ2n) is 7.73. The van der Waals surface area contributed by atoms with Gasteiger partial charge in [0.2, 0.25) is 5.91 Å². The first-order valence-electron chi connectivity index (χ1n) is 9.66. The van der Waals surface area contributed by atoms with Crippen LogP contribution in [-0.2, 0) is 19.3 Å². The molecule has 0 aliphatic heterocycles. The van der Waals surface area contributed by atoms with Crippen LogP contribution in [-0.4, -0.2) is 5.91 Å². The zero-order chi connectivity index (χ0) is 18.8. The van der Waals surface area contributed by atoms with Gasteiger partial charge in [0.25, 0.3) is 0 Å². The summed E-state index contributed by atoms with van der Waals surface area (Å²) in [7, 11) is 0. The van der Waals surface area contributed by atoms with E-state index in [0.717, 1.165) is 29.0 Å². The number of hydrogen-bond donors (Lipinski definition) is 1. The maximum atomic E-state index is 11.5. The molecule has 0 fully saturated rings. The first-order chi connectivity index (χ1) is 13.1. The quantitative estimate of drug-likeness (QED) is 0.679. The van der Waals surface area contributed by atoms with Crippen molar-refractivity contribution in [2.75, 3.05) is 0 Å². The van der Waals surface area contributed by atoms with Gasteiger partial charge in [0.15, 0.2) is 0 Å². The van der Waals surface area contributed by atoms with Crippen LogP contribution in [0, 0.1) is 12.8 Å². The molecule has 0 aromatic heterocycles. The van der Waals surface area contributed by atoms with Crippen LogP contribution in [0.25, 0.3) is 11.1 Å². The highest BCUT2D eigenvalue weighted by atomic mass is 16.1. The maximum Gasteiger partial charge on any atom is 0.248 e. The van der Waals surface area contributed by atoms with Crippen LogP contribution >= 0.6 is 0 Å². The van der Waals surface area contributed by atoms with Gasteiger partial charge in [-0.25, -0.2) is 0 Å². The second-order valence-corrected chi connectivity index (χ2v) is 7.73. The Kier molecular flexibility index (Phi) is 4.81. The van der Waals surface area contributed by atoms with Gasteiger partial charge in [-0.3, -0.25) is 4.79 Å². The molecule has 3 aromatic rings. The Morgan fingerprint density at radius 3 is 2.22 bits per heavy atom. The second kappa shape index (κ2) is 7.40. The molecule has 0 unspecified atom stereocenters. The van der Waals surface area contributed by atoms with Crippen LogP contribution in [0.1, 0.15) is 39.0 Å². The van der Waals surface area contributed by atoms with Crippen LogP contribution in [0.3, 0.4) is 0 Å². The smallest absolute Gasteiger partial charge is 0.248 e. The predicted octanol–water partition coefficient (Wildman–Crippen LogP) is 5.11. The number of primary amides is 1. The number of carbonyl (C=O) groups is 1. The minimum Gasteiger partial charge on any atom is -0.366 e. The molecule has 2 nitrogen and oxygen atoms in total. The SMILES string of the molecule is Cc1cc(C(N)=O)cc(-c2ccc(CCC3Cc4ccccc4C3)cc2)c1. The Morgan fingerprint density at radius 2 is 1.59 bits per heavy atom. The van der Waals surface area contributed by atoms with Gasteiger partial charge in [0.1, 0.15) is 0 Å². The van der Waals surface area contributed by atoms with Gasteiger partial charge in [-0.05, 0) is 84.0 Å². The normalized spacial score (nSPS) is 13.5. The number of benzene rings is 3. The fraction of sp³-hybridized carbons (Fsp3) is 0.240. The highest BCUT2D eigenvalue weighted by Gasteiger charge is 2.20. The van der Waals surface area contributed by atoms with Gasteiger partial charge in [0.05, 0.1) is 0 Å². The molecular weight excluding hydrogens is 330 g/mol. The topological polar surface area (TPSA) is 43.1 Å². The minimum atomic E-state index is -0.380. The molecule has 1 amide bonds. The first kappa shape index (κ1) is 17.5. The van der Waals surface area contributed by atoms with Gasteiger partial charge in [-0.1, -0.05) is 54.6 Å². The number of fused-ring (bicyclic) bond motifs is 1. The molecule has 136 valence electrons. The summed E-state index contributed by atoms with van der Waals surface area (Å²) in [5.74, 6) is 0.381. The Balaban J connectivity index is 1.42. The van der Waals surface area contributed by atoms with Gasteiger partial charge >= 0.3 is 0 Å². The fourth-order valence-corrected chi connectivity index (χ4v) is 4.18. The summed E-state index contributed by atoms with van der Waals surface area (Å²) in [5.41, 5.74) is 13.7. The van der Waals surface area contributed by atoms with E-state index < -0.39 is 0 Å². The number of nitrogens with two attached hydrogens (primary N) is 1. The summed E-state index contributed by atoms with van der Waals surface area (Å²) in [6, 6.07) is 23.4. The van der Waals surface area contributed by atoms with Gasteiger partial charge in [-0.15, -0.1) is 0 Å². The zero-order valence-electron chi connectivity index (χ0n) is 15.7. The zero-order valence-corrected chi connectivity index (χ0v) is 15.7. The third-order valence-corrected chi connectivity index (χ3v) is 5.63. The van der Waals surface area contributed by atoms with Crippen molar-refractivity contribution in [3.63, 3.8) is 0 Å². The van der Waals surface area contributed by atoms with Gasteiger partial charge in [0, 0.05) is 5.56 Å². The van der Waals surface area contributed by atoms with Crippen molar-refractivity contribution in [2.45, 2.75) is 32.6 Å². The molecule has 0 radical (unpaired) electrons. The van der Waals surface area contributed by atoms with Crippen molar-refractivity contribution < 1.29 is 4.79 Å². The van der Waals surface area contributed by atoms with E-state index in [1.807, 2.05) is 19.1 Å². The molecule has 4 rings (SSSR count). The average Bonchev–Trinajstić information content (AvgIpc) is 3.09. The predicted molar refractivity (Wildman–Crippen MR) is 111 cm³/mol. The van der Waals surface area contributed by atoms with Crippen LogP contribution in [0.15, 0.2) is 66.7 Å². The number of carbonyl (C=O) groups excluding carboxylic acids is 1. The van der Waals surface area contributed by atoms with Gasteiger partial charge < -0.3 is 5.73 Å². The molecule has 0 saturated carbocycles. The first-order valence-corrected chi connectivity index (χ1v) is 9.66. The van der Waals surface area contributed by atoms with E-state index in [1.165, 1.54) is 36.0 Å². The van der Waals surface area contributed by atoms with Crippen LogP contribution in [0.5, 0.6) is 0 Å². The molecule has 3 aromatic carbocycles. The lowest BCUT2D eigenvalue weighted by atomic mass is 9.95. The van der Waals surface area contributed by atoms with Crippen LogP contribution < -0.4 is 5.73 Å². The molecule has 0 atom stereocenters. The van der Waals surface area contributed by atoms with Crippen LogP contribution in [0.4, 0.5) is 0 Å². The Hall–Kier alpha value is -2.87. The van der Waals surface area contributed by atoms with Crippen LogP contribution in [0.2, 0.25) is 0 Å². The van der Waals surface area contributed by atoms with Crippen molar-refractivity contribution >= 4 is 5.91 Å². The van der Waals surface area contributed by atoms with E-state index in [0.29, 0.717) is 5.56 Å². The number of rotatable bonds is 5. The fourth-order valence-electron chi connectivity index (χ4n) is 4.18. The lowest BCUT2D eigenvalue weighted by Crippen LogP contribution is -2.11. The third kappa shape index (κ3) is 3.95. The maximum absolute atomic E-state index is 11.5.